The summed E-state index contributed by atoms with van der Waals surface area (Å²) >= 11 is 0. The predicted molar refractivity (Wildman–Crippen MR) is 108 cm³/mol. The molecule has 2 saturated heterocycles. The van der Waals surface area contributed by atoms with Crippen LogP contribution in [0.15, 0.2) is 41.2 Å². The Hall–Kier alpha value is -2.34. The van der Waals surface area contributed by atoms with Gasteiger partial charge < -0.3 is 14.5 Å². The lowest BCUT2D eigenvalue weighted by molar-refractivity contribution is 0.122. The zero-order valence-electron chi connectivity index (χ0n) is 16.1. The van der Waals surface area contributed by atoms with E-state index in [4.69, 9.17) is 9.72 Å². The highest BCUT2D eigenvalue weighted by molar-refractivity contribution is 5.46. The van der Waals surface area contributed by atoms with Gasteiger partial charge in [-0.15, -0.1) is 0 Å². The molecule has 2 fully saturated rings. The summed E-state index contributed by atoms with van der Waals surface area (Å²) in [4.78, 5) is 24.6. The Morgan fingerprint density at radius 3 is 2.63 bits per heavy atom. The Kier molecular flexibility index (Phi) is 4.91. The quantitative estimate of drug-likeness (QED) is 0.899. The fraction of sp³-hybridized carbons (Fsp3) is 0.524. The fourth-order valence-corrected chi connectivity index (χ4v) is 4.35. The maximum atomic E-state index is 12.4. The molecule has 0 radical (unpaired) electrons. The van der Waals surface area contributed by atoms with E-state index in [1.807, 2.05) is 0 Å². The zero-order valence-corrected chi connectivity index (χ0v) is 16.1. The number of H-pyrrole nitrogens is 1. The van der Waals surface area contributed by atoms with Gasteiger partial charge in [-0.05, 0) is 18.4 Å². The van der Waals surface area contributed by atoms with Crippen LogP contribution >= 0.6 is 0 Å². The summed E-state index contributed by atoms with van der Waals surface area (Å²) in [5, 5.41) is 0. The van der Waals surface area contributed by atoms with Gasteiger partial charge in [0, 0.05) is 37.2 Å². The first-order chi connectivity index (χ1) is 13.1. The van der Waals surface area contributed by atoms with Crippen LogP contribution in [0.2, 0.25) is 0 Å². The average Bonchev–Trinajstić information content (AvgIpc) is 3.20. The molecule has 2 aliphatic rings. The Morgan fingerprint density at radius 2 is 1.89 bits per heavy atom. The third-order valence-electron chi connectivity index (χ3n) is 5.93. The second-order valence-corrected chi connectivity index (χ2v) is 7.97. The number of morpholine rings is 1. The normalized spacial score (nSPS) is 20.9. The summed E-state index contributed by atoms with van der Waals surface area (Å²) in [6.07, 6.45) is 2.19. The van der Waals surface area contributed by atoms with E-state index in [0.29, 0.717) is 25.2 Å². The minimum absolute atomic E-state index is 0.0364. The van der Waals surface area contributed by atoms with Gasteiger partial charge in [-0.25, -0.2) is 0 Å². The number of ether oxygens (including phenoxy) is 1. The number of nitrogens with zero attached hydrogens (tertiary/aromatic N) is 3. The average molecular weight is 368 g/mol. The topological polar surface area (TPSA) is 61.5 Å². The SMILES string of the molecule is CC(C)(c1ccccc1)C1CCCN1c1nc(N2CCOCC2)cc(=O)[nH]1. The summed E-state index contributed by atoms with van der Waals surface area (Å²) in [6.45, 7) is 8.39. The number of hydrogen-bond acceptors (Lipinski definition) is 5. The van der Waals surface area contributed by atoms with Crippen molar-refractivity contribution in [2.75, 3.05) is 42.6 Å². The van der Waals surface area contributed by atoms with Crippen molar-refractivity contribution in [3.63, 3.8) is 0 Å². The van der Waals surface area contributed by atoms with Crippen molar-refractivity contribution >= 4 is 11.8 Å². The largest absolute Gasteiger partial charge is 0.378 e. The van der Waals surface area contributed by atoms with Gasteiger partial charge >= 0.3 is 0 Å². The molecule has 0 spiro atoms. The lowest BCUT2D eigenvalue weighted by Gasteiger charge is -2.39. The summed E-state index contributed by atoms with van der Waals surface area (Å²) in [5.41, 5.74) is 1.18. The van der Waals surface area contributed by atoms with Crippen LogP contribution in [0, 0.1) is 0 Å². The van der Waals surface area contributed by atoms with Gasteiger partial charge in [0.1, 0.15) is 5.82 Å². The summed E-state index contributed by atoms with van der Waals surface area (Å²) in [7, 11) is 0. The first-order valence-electron chi connectivity index (χ1n) is 9.82. The van der Waals surface area contributed by atoms with Gasteiger partial charge in [-0.2, -0.15) is 4.98 Å². The van der Waals surface area contributed by atoms with Crippen LogP contribution in [0.3, 0.4) is 0 Å². The maximum absolute atomic E-state index is 12.4. The Morgan fingerprint density at radius 1 is 1.15 bits per heavy atom. The van der Waals surface area contributed by atoms with Crippen molar-refractivity contribution in [2.45, 2.75) is 38.1 Å². The molecule has 3 heterocycles. The number of aromatic nitrogens is 2. The smallest absolute Gasteiger partial charge is 0.254 e. The van der Waals surface area contributed by atoms with Crippen molar-refractivity contribution in [1.29, 1.82) is 0 Å². The first-order valence-corrected chi connectivity index (χ1v) is 9.82. The van der Waals surface area contributed by atoms with Crippen LogP contribution in [0.5, 0.6) is 0 Å². The molecule has 4 rings (SSSR count). The standard InChI is InChI=1S/C21H28N4O2/c1-21(2,16-7-4-3-5-8-16)17-9-6-10-25(17)20-22-18(15-19(26)23-20)24-11-13-27-14-12-24/h3-5,7-8,15,17H,6,9-14H2,1-2H3,(H,22,23,26). The molecule has 1 unspecified atom stereocenters. The van der Waals surface area contributed by atoms with E-state index in [2.05, 4.69) is 59.0 Å². The highest BCUT2D eigenvalue weighted by atomic mass is 16.5. The van der Waals surface area contributed by atoms with E-state index >= 15 is 0 Å². The van der Waals surface area contributed by atoms with Gasteiger partial charge in [0.25, 0.3) is 5.56 Å². The third kappa shape index (κ3) is 3.58. The number of aromatic amines is 1. The molecule has 2 aliphatic heterocycles. The van der Waals surface area contributed by atoms with Crippen LogP contribution < -0.4 is 15.4 Å². The van der Waals surface area contributed by atoms with Crippen LogP contribution in [0.1, 0.15) is 32.3 Å². The van der Waals surface area contributed by atoms with E-state index in [0.717, 1.165) is 38.3 Å². The fourth-order valence-electron chi connectivity index (χ4n) is 4.35. The monoisotopic (exact) mass is 368 g/mol. The van der Waals surface area contributed by atoms with E-state index < -0.39 is 0 Å². The molecule has 1 aromatic carbocycles. The molecule has 0 bridgehead atoms. The van der Waals surface area contributed by atoms with E-state index in [1.54, 1.807) is 6.07 Å². The molecule has 27 heavy (non-hydrogen) atoms. The van der Waals surface area contributed by atoms with Crippen molar-refractivity contribution in [2.24, 2.45) is 0 Å². The van der Waals surface area contributed by atoms with Crippen molar-refractivity contribution in [3.05, 3.63) is 52.3 Å². The molecule has 0 aliphatic carbocycles. The Balaban J connectivity index is 1.66. The minimum atomic E-state index is -0.0929. The lowest BCUT2D eigenvalue weighted by Crippen LogP contribution is -2.45. The molecule has 0 amide bonds. The summed E-state index contributed by atoms with van der Waals surface area (Å²) in [5.74, 6) is 1.44. The maximum Gasteiger partial charge on any atom is 0.254 e. The Bertz CT molecular complexity index is 828. The van der Waals surface area contributed by atoms with Gasteiger partial charge in [0.2, 0.25) is 5.95 Å². The van der Waals surface area contributed by atoms with E-state index in [9.17, 15) is 4.79 Å². The van der Waals surface area contributed by atoms with Crippen LogP contribution in [-0.4, -0.2) is 48.9 Å². The minimum Gasteiger partial charge on any atom is -0.378 e. The van der Waals surface area contributed by atoms with Crippen LogP contribution in [0.4, 0.5) is 11.8 Å². The number of rotatable bonds is 4. The number of hydrogen-bond donors (Lipinski definition) is 1. The molecular weight excluding hydrogens is 340 g/mol. The van der Waals surface area contributed by atoms with Crippen molar-refractivity contribution in [1.82, 2.24) is 9.97 Å². The second kappa shape index (κ2) is 7.35. The number of nitrogens with one attached hydrogen (secondary N) is 1. The second-order valence-electron chi connectivity index (χ2n) is 7.97. The van der Waals surface area contributed by atoms with Crippen LogP contribution in [0.25, 0.3) is 0 Å². The van der Waals surface area contributed by atoms with Crippen molar-refractivity contribution < 1.29 is 4.74 Å². The van der Waals surface area contributed by atoms with E-state index in [1.165, 1.54) is 5.56 Å². The molecule has 1 N–H and O–H groups in total. The molecule has 6 heteroatoms. The molecule has 1 atom stereocenters. The highest BCUT2D eigenvalue weighted by Gasteiger charge is 2.39. The van der Waals surface area contributed by atoms with Crippen molar-refractivity contribution in [3.8, 4) is 0 Å². The zero-order chi connectivity index (χ0) is 18.9. The van der Waals surface area contributed by atoms with Gasteiger partial charge in [-0.3, -0.25) is 9.78 Å². The van der Waals surface area contributed by atoms with Gasteiger partial charge in [0.15, 0.2) is 0 Å². The molecule has 2 aromatic rings. The number of benzene rings is 1. The lowest BCUT2D eigenvalue weighted by atomic mass is 9.76. The molecule has 0 saturated carbocycles. The predicted octanol–water partition coefficient (Wildman–Crippen LogP) is 2.55. The molecule has 1 aromatic heterocycles. The summed E-state index contributed by atoms with van der Waals surface area (Å²) in [6, 6.07) is 12.5. The van der Waals surface area contributed by atoms with Gasteiger partial charge in [-0.1, -0.05) is 44.2 Å². The molecule has 144 valence electrons. The number of anilines is 2. The van der Waals surface area contributed by atoms with E-state index in [-0.39, 0.29) is 11.0 Å². The molecule has 6 nitrogen and oxygen atoms in total. The first kappa shape index (κ1) is 18.0. The van der Waals surface area contributed by atoms with Gasteiger partial charge in [0.05, 0.1) is 13.2 Å². The summed E-state index contributed by atoms with van der Waals surface area (Å²) < 4.78 is 5.43. The Labute approximate surface area is 160 Å². The highest BCUT2D eigenvalue weighted by Crippen LogP contribution is 2.37. The molecular formula is C21H28N4O2. The van der Waals surface area contributed by atoms with Crippen LogP contribution in [-0.2, 0) is 10.2 Å². The third-order valence-corrected chi connectivity index (χ3v) is 5.93.